The highest BCUT2D eigenvalue weighted by Gasteiger charge is 2.13. The van der Waals surface area contributed by atoms with Crippen LogP contribution in [0.4, 0.5) is 0 Å². The molecule has 0 radical (unpaired) electrons. The molecule has 6 heteroatoms. The molecule has 6 nitrogen and oxygen atoms in total. The second-order valence-electron chi connectivity index (χ2n) is 4.90. The van der Waals surface area contributed by atoms with Crippen molar-refractivity contribution < 1.29 is 8.94 Å². The van der Waals surface area contributed by atoms with Gasteiger partial charge in [-0.1, -0.05) is 23.4 Å². The lowest BCUT2D eigenvalue weighted by Crippen LogP contribution is -2.08. The summed E-state index contributed by atoms with van der Waals surface area (Å²) >= 11 is 0. The van der Waals surface area contributed by atoms with Crippen molar-refractivity contribution in [3.05, 3.63) is 59.1 Å². The zero-order valence-electron chi connectivity index (χ0n) is 11.7. The number of aryl methyl sites for hydroxylation is 1. The summed E-state index contributed by atoms with van der Waals surface area (Å²) in [6.45, 7) is 0. The summed E-state index contributed by atoms with van der Waals surface area (Å²) in [5.41, 5.74) is 2.80. The van der Waals surface area contributed by atoms with Crippen molar-refractivity contribution in [1.29, 1.82) is 0 Å². The maximum Gasteiger partial charge on any atom is 0.419 e. The normalized spacial score (nSPS) is 11.1. The quantitative estimate of drug-likeness (QED) is 0.568. The molecule has 0 unspecified atom stereocenters. The molecule has 0 amide bonds. The van der Waals surface area contributed by atoms with E-state index in [-0.39, 0.29) is 0 Å². The van der Waals surface area contributed by atoms with Gasteiger partial charge in [0.1, 0.15) is 0 Å². The highest BCUT2D eigenvalue weighted by Crippen LogP contribution is 2.24. The molecule has 2 heterocycles. The van der Waals surface area contributed by atoms with Crippen molar-refractivity contribution in [2.75, 3.05) is 0 Å². The van der Waals surface area contributed by atoms with Crippen molar-refractivity contribution in [2.45, 2.75) is 0 Å². The van der Waals surface area contributed by atoms with E-state index < -0.39 is 5.76 Å². The van der Waals surface area contributed by atoms with Crippen LogP contribution in [0.2, 0.25) is 0 Å². The molecule has 2 aromatic heterocycles. The SMILES string of the molecule is Cn1c(=O)oc2cc(-c3noc(-c4ccccc4)n3)ccc21. The van der Waals surface area contributed by atoms with Crippen molar-refractivity contribution in [3.8, 4) is 22.8 Å². The van der Waals surface area contributed by atoms with Crippen LogP contribution in [0.25, 0.3) is 33.9 Å². The molecular formula is C16H11N3O3. The van der Waals surface area contributed by atoms with E-state index in [4.69, 9.17) is 8.94 Å². The molecule has 22 heavy (non-hydrogen) atoms. The monoisotopic (exact) mass is 293 g/mol. The van der Waals surface area contributed by atoms with Crippen molar-refractivity contribution in [1.82, 2.24) is 14.7 Å². The number of hydrogen-bond donors (Lipinski definition) is 0. The summed E-state index contributed by atoms with van der Waals surface area (Å²) in [5.74, 6) is 0.503. The molecule has 0 aliphatic rings. The van der Waals surface area contributed by atoms with Gasteiger partial charge in [0.15, 0.2) is 5.58 Å². The maximum atomic E-state index is 11.5. The molecule has 108 valence electrons. The molecule has 0 spiro atoms. The topological polar surface area (TPSA) is 74.1 Å². The Hall–Kier alpha value is -3.15. The average Bonchev–Trinajstić information content (AvgIpc) is 3.14. The molecule has 0 aliphatic carbocycles. The molecule has 0 saturated heterocycles. The minimum Gasteiger partial charge on any atom is -0.408 e. The minimum atomic E-state index is -0.398. The lowest BCUT2D eigenvalue weighted by molar-refractivity contribution is 0.432. The Morgan fingerprint density at radius 2 is 1.86 bits per heavy atom. The Labute approximate surface area is 124 Å². The van der Waals surface area contributed by atoms with E-state index >= 15 is 0 Å². The summed E-state index contributed by atoms with van der Waals surface area (Å²) in [7, 11) is 1.66. The van der Waals surface area contributed by atoms with Crippen LogP contribution in [-0.2, 0) is 7.05 Å². The molecule has 0 N–H and O–H groups in total. The summed E-state index contributed by atoms with van der Waals surface area (Å²) in [6.07, 6.45) is 0. The zero-order chi connectivity index (χ0) is 15.1. The number of hydrogen-bond acceptors (Lipinski definition) is 5. The number of fused-ring (bicyclic) bond motifs is 1. The van der Waals surface area contributed by atoms with Crippen LogP contribution < -0.4 is 5.76 Å². The van der Waals surface area contributed by atoms with Gasteiger partial charge in [0.05, 0.1) is 5.52 Å². The van der Waals surface area contributed by atoms with Gasteiger partial charge in [0, 0.05) is 18.2 Å². The predicted octanol–water partition coefficient (Wildman–Crippen LogP) is 2.85. The summed E-state index contributed by atoms with van der Waals surface area (Å²) < 4.78 is 11.9. The van der Waals surface area contributed by atoms with Crippen LogP contribution >= 0.6 is 0 Å². The van der Waals surface area contributed by atoms with Crippen LogP contribution in [-0.4, -0.2) is 14.7 Å². The second-order valence-corrected chi connectivity index (χ2v) is 4.90. The molecule has 0 fully saturated rings. The van der Waals surface area contributed by atoms with Crippen molar-refractivity contribution >= 4 is 11.1 Å². The third-order valence-corrected chi connectivity index (χ3v) is 3.50. The van der Waals surface area contributed by atoms with E-state index in [1.165, 1.54) is 4.57 Å². The van der Waals surface area contributed by atoms with E-state index in [1.54, 1.807) is 19.2 Å². The first-order valence-corrected chi connectivity index (χ1v) is 6.71. The van der Waals surface area contributed by atoms with E-state index in [2.05, 4.69) is 10.1 Å². The third kappa shape index (κ3) is 1.93. The fourth-order valence-corrected chi connectivity index (χ4v) is 2.31. The van der Waals surface area contributed by atoms with Crippen molar-refractivity contribution in [3.63, 3.8) is 0 Å². The van der Waals surface area contributed by atoms with Gasteiger partial charge in [-0.05, 0) is 30.3 Å². The predicted molar refractivity (Wildman–Crippen MR) is 80.2 cm³/mol. The molecule has 0 atom stereocenters. The van der Waals surface area contributed by atoms with Gasteiger partial charge >= 0.3 is 5.76 Å². The van der Waals surface area contributed by atoms with Crippen LogP contribution in [0.3, 0.4) is 0 Å². The molecular weight excluding hydrogens is 282 g/mol. The Morgan fingerprint density at radius 1 is 1.05 bits per heavy atom. The Morgan fingerprint density at radius 3 is 2.68 bits per heavy atom. The number of benzene rings is 2. The Balaban J connectivity index is 1.79. The van der Waals surface area contributed by atoms with Crippen LogP contribution in [0, 0.1) is 0 Å². The molecule has 4 aromatic rings. The molecule has 2 aromatic carbocycles. The van der Waals surface area contributed by atoms with Gasteiger partial charge in [0.2, 0.25) is 5.82 Å². The maximum absolute atomic E-state index is 11.5. The zero-order valence-corrected chi connectivity index (χ0v) is 11.7. The van der Waals surface area contributed by atoms with E-state index in [9.17, 15) is 4.79 Å². The number of aromatic nitrogens is 3. The first kappa shape index (κ1) is 12.6. The number of rotatable bonds is 2. The first-order chi connectivity index (χ1) is 10.7. The smallest absolute Gasteiger partial charge is 0.408 e. The minimum absolute atomic E-state index is 0.398. The van der Waals surface area contributed by atoms with Gasteiger partial charge < -0.3 is 8.94 Å². The van der Waals surface area contributed by atoms with Crippen molar-refractivity contribution in [2.24, 2.45) is 7.05 Å². The molecule has 0 aliphatic heterocycles. The summed E-state index contributed by atoms with van der Waals surface area (Å²) in [4.78, 5) is 15.9. The Bertz CT molecular complexity index is 1010. The number of nitrogens with zero attached hydrogens (tertiary/aromatic N) is 3. The largest absolute Gasteiger partial charge is 0.419 e. The van der Waals surface area contributed by atoms with Gasteiger partial charge in [-0.25, -0.2) is 4.79 Å². The van der Waals surface area contributed by atoms with Gasteiger partial charge in [0.25, 0.3) is 5.89 Å². The Kier molecular flexibility index (Phi) is 2.69. The summed E-state index contributed by atoms with van der Waals surface area (Å²) in [6, 6.07) is 14.9. The fourth-order valence-electron chi connectivity index (χ4n) is 2.31. The lowest BCUT2D eigenvalue weighted by atomic mass is 10.2. The van der Waals surface area contributed by atoms with Crippen LogP contribution in [0.5, 0.6) is 0 Å². The van der Waals surface area contributed by atoms with Crippen LogP contribution in [0.15, 0.2) is 62.3 Å². The second kappa shape index (κ2) is 4.70. The average molecular weight is 293 g/mol. The van der Waals surface area contributed by atoms with Gasteiger partial charge in [-0.15, -0.1) is 0 Å². The molecule has 0 saturated carbocycles. The lowest BCUT2D eigenvalue weighted by Gasteiger charge is -1.95. The molecule has 4 rings (SSSR count). The summed E-state index contributed by atoms with van der Waals surface area (Å²) in [5, 5.41) is 3.99. The van der Waals surface area contributed by atoms with E-state index in [0.717, 1.165) is 16.6 Å². The standard InChI is InChI=1S/C16H11N3O3/c1-19-12-8-7-11(9-13(12)21-16(19)20)14-17-15(22-18-14)10-5-3-2-4-6-10/h2-9H,1H3. The van der Waals surface area contributed by atoms with Crippen LogP contribution in [0.1, 0.15) is 0 Å². The van der Waals surface area contributed by atoms with Gasteiger partial charge in [-0.2, -0.15) is 4.98 Å². The van der Waals surface area contributed by atoms with Gasteiger partial charge in [-0.3, -0.25) is 4.57 Å². The fraction of sp³-hybridized carbons (Fsp3) is 0.0625. The highest BCUT2D eigenvalue weighted by atomic mass is 16.5. The third-order valence-electron chi connectivity index (χ3n) is 3.50. The number of oxazole rings is 1. The molecule has 0 bridgehead atoms. The van der Waals surface area contributed by atoms with E-state index in [1.807, 2.05) is 36.4 Å². The highest BCUT2D eigenvalue weighted by molar-refractivity contribution is 5.78. The van der Waals surface area contributed by atoms with E-state index in [0.29, 0.717) is 17.3 Å². The first-order valence-electron chi connectivity index (χ1n) is 6.71.